The lowest BCUT2D eigenvalue weighted by atomic mass is 10.2. The van der Waals surface area contributed by atoms with Gasteiger partial charge in [0, 0.05) is 4.88 Å². The number of thiophene rings is 1. The van der Waals surface area contributed by atoms with Crippen molar-refractivity contribution in [3.63, 3.8) is 0 Å². The van der Waals surface area contributed by atoms with Crippen molar-refractivity contribution in [2.45, 2.75) is 6.54 Å². The molecule has 2 aromatic carbocycles. The lowest BCUT2D eigenvalue weighted by Gasteiger charge is -2.07. The highest BCUT2D eigenvalue weighted by Gasteiger charge is 2.10. The topological polar surface area (TPSA) is 67.9 Å². The number of hydrogen-bond donors (Lipinski definition) is 0. The molecular weight excluding hydrogens is 358 g/mol. The molecule has 0 aliphatic carbocycles. The van der Waals surface area contributed by atoms with E-state index in [2.05, 4.69) is 11.1 Å². The zero-order valence-electron chi connectivity index (χ0n) is 14.3. The Bertz CT molecular complexity index is 1170. The van der Waals surface area contributed by atoms with Gasteiger partial charge in [-0.15, -0.1) is 11.3 Å². The Kier molecular flexibility index (Phi) is 4.69. The summed E-state index contributed by atoms with van der Waals surface area (Å²) in [6.07, 6.45) is 1.56. The average molecular weight is 373 g/mol. The Morgan fingerprint density at radius 1 is 1.11 bits per heavy atom. The summed E-state index contributed by atoms with van der Waals surface area (Å²) < 4.78 is 7.87. The maximum Gasteiger partial charge on any atom is 0.271 e. The fourth-order valence-corrected chi connectivity index (χ4v) is 3.80. The van der Waals surface area contributed by atoms with Crippen molar-refractivity contribution in [3.8, 4) is 22.3 Å². The van der Waals surface area contributed by atoms with Gasteiger partial charge in [-0.1, -0.05) is 30.3 Å². The van der Waals surface area contributed by atoms with Crippen LogP contribution in [0.3, 0.4) is 0 Å². The molecule has 0 bridgehead atoms. The minimum atomic E-state index is -0.0596. The van der Waals surface area contributed by atoms with Crippen LogP contribution < -0.4 is 10.3 Å². The molecule has 0 saturated heterocycles. The lowest BCUT2D eigenvalue weighted by Crippen LogP contribution is -2.22. The number of nitriles is 1. The zero-order chi connectivity index (χ0) is 18.6. The van der Waals surface area contributed by atoms with E-state index in [1.807, 2.05) is 36.4 Å². The van der Waals surface area contributed by atoms with Gasteiger partial charge in [-0.25, -0.2) is 4.98 Å². The van der Waals surface area contributed by atoms with E-state index in [0.29, 0.717) is 34.7 Å². The molecule has 0 saturated carbocycles. The molecule has 0 spiro atoms. The second kappa shape index (κ2) is 7.44. The number of fused-ring (bicyclic) bond motifs is 1. The molecule has 6 heteroatoms. The van der Waals surface area contributed by atoms with E-state index in [4.69, 9.17) is 10.00 Å². The summed E-state index contributed by atoms with van der Waals surface area (Å²) in [4.78, 5) is 18.2. The van der Waals surface area contributed by atoms with Crippen LogP contribution in [0.5, 0.6) is 5.75 Å². The number of nitrogens with zero attached hydrogens (tertiary/aromatic N) is 3. The molecule has 4 aromatic rings. The van der Waals surface area contributed by atoms with Gasteiger partial charge >= 0.3 is 0 Å². The molecule has 132 valence electrons. The summed E-state index contributed by atoms with van der Waals surface area (Å²) >= 11 is 1.46. The number of ether oxygens (including phenoxy) is 1. The van der Waals surface area contributed by atoms with Gasteiger partial charge in [0.05, 0.1) is 30.0 Å². The van der Waals surface area contributed by atoms with Crippen LogP contribution in [0.2, 0.25) is 0 Å². The summed E-state index contributed by atoms with van der Waals surface area (Å²) in [5.41, 5.74) is 2.32. The number of benzene rings is 2. The molecule has 0 aliphatic heterocycles. The Hall–Kier alpha value is -3.43. The monoisotopic (exact) mass is 373 g/mol. The van der Waals surface area contributed by atoms with Crippen LogP contribution in [-0.4, -0.2) is 16.2 Å². The number of aromatic nitrogens is 2. The Labute approximate surface area is 159 Å². The first kappa shape index (κ1) is 17.0. The minimum Gasteiger partial charge on any atom is -0.492 e. The smallest absolute Gasteiger partial charge is 0.271 e. The predicted octanol–water partition coefficient (Wildman–Crippen LogP) is 4.08. The summed E-state index contributed by atoms with van der Waals surface area (Å²) in [6, 6.07) is 20.9. The standard InChI is InChI=1S/C21H15N3O2S/c22-13-15-6-8-17(9-7-15)26-11-10-24-14-23-18-12-19(27-20(18)21(24)25)16-4-2-1-3-5-16/h1-9,12,14H,10-11H2. The van der Waals surface area contributed by atoms with E-state index in [1.54, 1.807) is 35.2 Å². The highest BCUT2D eigenvalue weighted by atomic mass is 32.1. The molecule has 4 rings (SSSR count). The summed E-state index contributed by atoms with van der Waals surface area (Å²) in [5.74, 6) is 0.665. The third-order valence-electron chi connectivity index (χ3n) is 4.15. The van der Waals surface area contributed by atoms with E-state index in [-0.39, 0.29) is 5.56 Å². The maximum absolute atomic E-state index is 12.7. The molecule has 2 heterocycles. The molecule has 27 heavy (non-hydrogen) atoms. The summed E-state index contributed by atoms with van der Waals surface area (Å²) in [7, 11) is 0. The van der Waals surface area contributed by atoms with Crippen molar-refractivity contribution in [2.24, 2.45) is 0 Å². The zero-order valence-corrected chi connectivity index (χ0v) is 15.1. The normalized spacial score (nSPS) is 10.6. The van der Waals surface area contributed by atoms with Gasteiger partial charge < -0.3 is 4.74 Å². The number of rotatable bonds is 5. The lowest BCUT2D eigenvalue weighted by molar-refractivity contribution is 0.296. The fourth-order valence-electron chi connectivity index (χ4n) is 2.74. The molecule has 2 aromatic heterocycles. The van der Waals surface area contributed by atoms with Crippen molar-refractivity contribution in [1.29, 1.82) is 5.26 Å². The van der Waals surface area contributed by atoms with Gasteiger partial charge in [0.15, 0.2) is 0 Å². The molecule has 0 N–H and O–H groups in total. The van der Waals surface area contributed by atoms with Gasteiger partial charge in [0.2, 0.25) is 0 Å². The van der Waals surface area contributed by atoms with Crippen molar-refractivity contribution in [2.75, 3.05) is 6.61 Å². The van der Waals surface area contributed by atoms with E-state index in [0.717, 1.165) is 10.4 Å². The predicted molar refractivity (Wildman–Crippen MR) is 106 cm³/mol. The van der Waals surface area contributed by atoms with Crippen LogP contribution in [-0.2, 0) is 6.54 Å². The van der Waals surface area contributed by atoms with Crippen LogP contribution in [0.4, 0.5) is 0 Å². The summed E-state index contributed by atoms with van der Waals surface area (Å²) in [5, 5.41) is 8.81. The van der Waals surface area contributed by atoms with E-state index in [1.165, 1.54) is 11.3 Å². The van der Waals surface area contributed by atoms with Crippen LogP contribution in [0, 0.1) is 11.3 Å². The van der Waals surface area contributed by atoms with Crippen molar-refractivity contribution >= 4 is 21.6 Å². The first-order valence-electron chi connectivity index (χ1n) is 8.42. The largest absolute Gasteiger partial charge is 0.492 e. The van der Waals surface area contributed by atoms with E-state index in [9.17, 15) is 4.79 Å². The Balaban J connectivity index is 1.51. The van der Waals surface area contributed by atoms with Crippen molar-refractivity contribution in [3.05, 3.63) is 82.9 Å². The van der Waals surface area contributed by atoms with Gasteiger partial charge in [0.25, 0.3) is 5.56 Å². The molecule has 0 amide bonds. The molecule has 0 atom stereocenters. The molecular formula is C21H15N3O2S. The third kappa shape index (κ3) is 3.59. The first-order valence-corrected chi connectivity index (χ1v) is 9.23. The van der Waals surface area contributed by atoms with Gasteiger partial charge in [-0.05, 0) is 35.9 Å². The van der Waals surface area contributed by atoms with Crippen molar-refractivity contribution in [1.82, 2.24) is 9.55 Å². The molecule has 0 aliphatic rings. The van der Waals surface area contributed by atoms with E-state index >= 15 is 0 Å². The molecule has 0 fully saturated rings. The SMILES string of the molecule is N#Cc1ccc(OCCn2cnc3cc(-c4ccccc4)sc3c2=O)cc1. The van der Waals surface area contributed by atoms with Crippen LogP contribution >= 0.6 is 11.3 Å². The highest BCUT2D eigenvalue weighted by molar-refractivity contribution is 7.22. The van der Waals surface area contributed by atoms with Crippen LogP contribution in [0.1, 0.15) is 5.56 Å². The van der Waals surface area contributed by atoms with Crippen LogP contribution in [0.25, 0.3) is 20.7 Å². The summed E-state index contributed by atoms with van der Waals surface area (Å²) in [6.45, 7) is 0.746. The quantitative estimate of drug-likeness (QED) is 0.529. The van der Waals surface area contributed by atoms with Gasteiger partial charge in [-0.2, -0.15) is 5.26 Å². The maximum atomic E-state index is 12.7. The third-order valence-corrected chi connectivity index (χ3v) is 5.31. The molecule has 0 unspecified atom stereocenters. The van der Waals surface area contributed by atoms with Crippen LogP contribution in [0.15, 0.2) is 71.8 Å². The Morgan fingerprint density at radius 2 is 1.89 bits per heavy atom. The number of hydrogen-bond acceptors (Lipinski definition) is 5. The first-order chi connectivity index (χ1) is 13.2. The van der Waals surface area contributed by atoms with E-state index < -0.39 is 0 Å². The molecule has 5 nitrogen and oxygen atoms in total. The Morgan fingerprint density at radius 3 is 2.63 bits per heavy atom. The highest BCUT2D eigenvalue weighted by Crippen LogP contribution is 2.30. The van der Waals surface area contributed by atoms with Gasteiger partial charge in [-0.3, -0.25) is 9.36 Å². The average Bonchev–Trinajstić information content (AvgIpc) is 3.16. The van der Waals surface area contributed by atoms with Crippen molar-refractivity contribution < 1.29 is 4.74 Å². The second-order valence-corrected chi connectivity index (χ2v) is 6.97. The fraction of sp³-hybridized carbons (Fsp3) is 0.0952. The minimum absolute atomic E-state index is 0.0596. The van der Waals surface area contributed by atoms with Gasteiger partial charge in [0.1, 0.15) is 17.1 Å². The second-order valence-electron chi connectivity index (χ2n) is 5.92. The molecule has 0 radical (unpaired) electrons.